The molecule has 3 aromatic rings. The lowest BCUT2D eigenvalue weighted by molar-refractivity contribution is -0.132. The van der Waals surface area contributed by atoms with Gasteiger partial charge in [-0.25, -0.2) is 4.68 Å². The Morgan fingerprint density at radius 3 is 2.54 bits per heavy atom. The van der Waals surface area contributed by atoms with Gasteiger partial charge >= 0.3 is 0 Å². The molecule has 0 unspecified atom stereocenters. The highest BCUT2D eigenvalue weighted by molar-refractivity contribution is 5.78. The van der Waals surface area contributed by atoms with Crippen molar-refractivity contribution < 1.29 is 4.79 Å². The van der Waals surface area contributed by atoms with Crippen LogP contribution in [-0.2, 0) is 17.9 Å². The molecule has 0 saturated heterocycles. The van der Waals surface area contributed by atoms with Gasteiger partial charge in [0.05, 0.1) is 5.39 Å². The lowest BCUT2D eigenvalue weighted by Crippen LogP contribution is -2.37. The van der Waals surface area contributed by atoms with Crippen molar-refractivity contribution in [3.05, 3.63) is 70.5 Å². The molecule has 0 aliphatic heterocycles. The number of rotatable bonds is 5. The maximum absolute atomic E-state index is 12.5. The van der Waals surface area contributed by atoms with Crippen molar-refractivity contribution in [2.75, 3.05) is 6.54 Å². The van der Waals surface area contributed by atoms with Crippen LogP contribution in [0.1, 0.15) is 12.5 Å². The van der Waals surface area contributed by atoms with Crippen LogP contribution in [0.2, 0.25) is 0 Å². The Hall–Kier alpha value is -3.02. The summed E-state index contributed by atoms with van der Waals surface area (Å²) in [4.78, 5) is 26.7. The number of fused-ring (bicyclic) bond motifs is 1. The average Bonchev–Trinajstić information content (AvgIpc) is 2.63. The van der Waals surface area contributed by atoms with E-state index >= 15 is 0 Å². The smallest absolute Gasteiger partial charge is 0.278 e. The molecule has 6 nitrogen and oxygen atoms in total. The van der Waals surface area contributed by atoms with Gasteiger partial charge in [0, 0.05) is 13.1 Å². The summed E-state index contributed by atoms with van der Waals surface area (Å²) in [6.07, 6.45) is 0. The molecule has 6 heteroatoms. The standard InChI is InChI=1S/C18H18N4O2/c1-2-21(12-14-8-4-3-5-9-14)17(23)13-22-18(24)15-10-6-7-11-16(15)19-20-22/h3-11H,2,12-13H2,1H3. The van der Waals surface area contributed by atoms with Gasteiger partial charge in [0.1, 0.15) is 12.1 Å². The van der Waals surface area contributed by atoms with Gasteiger partial charge in [-0.1, -0.05) is 47.7 Å². The number of benzene rings is 2. The van der Waals surface area contributed by atoms with Crippen molar-refractivity contribution in [1.29, 1.82) is 0 Å². The number of nitrogens with zero attached hydrogens (tertiary/aromatic N) is 4. The van der Waals surface area contributed by atoms with Crippen molar-refractivity contribution in [2.24, 2.45) is 0 Å². The predicted molar refractivity (Wildman–Crippen MR) is 91.3 cm³/mol. The molecular weight excluding hydrogens is 304 g/mol. The normalized spacial score (nSPS) is 10.7. The summed E-state index contributed by atoms with van der Waals surface area (Å²) in [7, 11) is 0. The Bertz CT molecular complexity index is 906. The summed E-state index contributed by atoms with van der Waals surface area (Å²) in [6.45, 7) is 2.86. The molecule has 0 saturated carbocycles. The van der Waals surface area contributed by atoms with E-state index in [-0.39, 0.29) is 18.0 Å². The van der Waals surface area contributed by atoms with Gasteiger partial charge in [0.15, 0.2) is 0 Å². The SMILES string of the molecule is CCN(Cc1ccccc1)C(=O)Cn1nnc2ccccc2c1=O. The summed E-state index contributed by atoms with van der Waals surface area (Å²) in [5.41, 5.74) is 1.28. The molecule has 2 aromatic carbocycles. The van der Waals surface area contributed by atoms with E-state index in [1.54, 1.807) is 29.2 Å². The molecule has 1 amide bonds. The zero-order chi connectivity index (χ0) is 16.9. The Morgan fingerprint density at radius 2 is 1.79 bits per heavy atom. The van der Waals surface area contributed by atoms with Crippen LogP contribution in [0.25, 0.3) is 10.9 Å². The van der Waals surface area contributed by atoms with Crippen molar-refractivity contribution in [1.82, 2.24) is 19.9 Å². The van der Waals surface area contributed by atoms with Gasteiger partial charge in [0.25, 0.3) is 5.56 Å². The minimum atomic E-state index is -0.301. The third-order valence-electron chi connectivity index (χ3n) is 3.87. The Balaban J connectivity index is 1.80. The largest absolute Gasteiger partial charge is 0.337 e. The van der Waals surface area contributed by atoms with Gasteiger partial charge in [-0.3, -0.25) is 9.59 Å². The first-order valence-corrected chi connectivity index (χ1v) is 7.83. The van der Waals surface area contributed by atoms with E-state index in [0.717, 1.165) is 10.2 Å². The number of carbonyl (C=O) groups is 1. The van der Waals surface area contributed by atoms with Gasteiger partial charge in [-0.15, -0.1) is 5.10 Å². The number of amides is 1. The minimum absolute atomic E-state index is 0.114. The highest BCUT2D eigenvalue weighted by atomic mass is 16.2. The molecule has 122 valence electrons. The van der Waals surface area contributed by atoms with Gasteiger partial charge in [-0.05, 0) is 24.6 Å². The van der Waals surface area contributed by atoms with Gasteiger partial charge in [-0.2, -0.15) is 0 Å². The van der Waals surface area contributed by atoms with Crippen molar-refractivity contribution in [3.8, 4) is 0 Å². The van der Waals surface area contributed by atoms with Gasteiger partial charge < -0.3 is 4.90 Å². The maximum Gasteiger partial charge on any atom is 0.278 e. The van der Waals surface area contributed by atoms with Crippen LogP contribution in [-0.4, -0.2) is 32.3 Å². The topological polar surface area (TPSA) is 68.1 Å². The van der Waals surface area contributed by atoms with E-state index in [9.17, 15) is 9.59 Å². The fraction of sp³-hybridized carbons (Fsp3) is 0.222. The summed E-state index contributed by atoms with van der Waals surface area (Å²) in [5.74, 6) is -0.159. The number of carbonyl (C=O) groups excluding carboxylic acids is 1. The van der Waals surface area contributed by atoms with Crippen LogP contribution in [0, 0.1) is 0 Å². The van der Waals surface area contributed by atoms with E-state index in [2.05, 4.69) is 10.3 Å². The highest BCUT2D eigenvalue weighted by Gasteiger charge is 2.15. The maximum atomic E-state index is 12.5. The molecule has 0 spiro atoms. The minimum Gasteiger partial charge on any atom is -0.337 e. The Morgan fingerprint density at radius 1 is 1.08 bits per heavy atom. The van der Waals surface area contributed by atoms with Crippen LogP contribution in [0.5, 0.6) is 0 Å². The quantitative estimate of drug-likeness (QED) is 0.719. The summed E-state index contributed by atoms with van der Waals surface area (Å²) in [5, 5.41) is 8.35. The first kappa shape index (κ1) is 15.9. The molecule has 0 aliphatic carbocycles. The fourth-order valence-electron chi connectivity index (χ4n) is 2.54. The lowest BCUT2D eigenvalue weighted by Gasteiger charge is -2.21. The highest BCUT2D eigenvalue weighted by Crippen LogP contribution is 2.06. The van der Waals surface area contributed by atoms with E-state index in [1.807, 2.05) is 37.3 Å². The predicted octanol–water partition coefficient (Wildman–Crippen LogP) is 1.84. The first-order valence-electron chi connectivity index (χ1n) is 7.83. The number of hydrogen-bond acceptors (Lipinski definition) is 4. The molecule has 0 fully saturated rings. The molecular formula is C18H18N4O2. The fourth-order valence-corrected chi connectivity index (χ4v) is 2.54. The second-order valence-electron chi connectivity index (χ2n) is 5.46. The zero-order valence-electron chi connectivity index (χ0n) is 13.4. The Labute approximate surface area is 139 Å². The zero-order valence-corrected chi connectivity index (χ0v) is 13.4. The molecule has 3 rings (SSSR count). The number of likely N-dealkylation sites (N-methyl/N-ethyl adjacent to an activating group) is 1. The molecule has 1 heterocycles. The second-order valence-corrected chi connectivity index (χ2v) is 5.46. The third-order valence-corrected chi connectivity index (χ3v) is 3.87. The summed E-state index contributed by atoms with van der Waals surface area (Å²) >= 11 is 0. The van der Waals surface area contributed by atoms with Gasteiger partial charge in [0.2, 0.25) is 5.91 Å². The van der Waals surface area contributed by atoms with E-state index in [4.69, 9.17) is 0 Å². The van der Waals surface area contributed by atoms with E-state index in [1.165, 1.54) is 0 Å². The number of aromatic nitrogens is 3. The molecule has 24 heavy (non-hydrogen) atoms. The van der Waals surface area contributed by atoms with Crippen LogP contribution in [0.15, 0.2) is 59.4 Å². The second kappa shape index (κ2) is 7.04. The van der Waals surface area contributed by atoms with Crippen LogP contribution in [0.3, 0.4) is 0 Å². The summed E-state index contributed by atoms with van der Waals surface area (Å²) in [6, 6.07) is 16.7. The molecule has 0 N–H and O–H groups in total. The van der Waals surface area contributed by atoms with Crippen LogP contribution < -0.4 is 5.56 Å². The van der Waals surface area contributed by atoms with Crippen LogP contribution in [0.4, 0.5) is 0 Å². The van der Waals surface area contributed by atoms with Crippen molar-refractivity contribution >= 4 is 16.8 Å². The van der Waals surface area contributed by atoms with Crippen LogP contribution >= 0.6 is 0 Å². The lowest BCUT2D eigenvalue weighted by atomic mass is 10.2. The molecule has 1 aromatic heterocycles. The average molecular weight is 322 g/mol. The monoisotopic (exact) mass is 322 g/mol. The van der Waals surface area contributed by atoms with Crippen molar-refractivity contribution in [3.63, 3.8) is 0 Å². The number of hydrogen-bond donors (Lipinski definition) is 0. The molecule has 0 radical (unpaired) electrons. The molecule has 0 bridgehead atoms. The first-order chi connectivity index (χ1) is 11.7. The molecule has 0 atom stereocenters. The van der Waals surface area contributed by atoms with E-state index in [0.29, 0.717) is 24.0 Å². The Kier molecular flexibility index (Phi) is 4.65. The molecule has 0 aliphatic rings. The third kappa shape index (κ3) is 3.32. The summed E-state index contributed by atoms with van der Waals surface area (Å²) < 4.78 is 1.12. The van der Waals surface area contributed by atoms with Crippen molar-refractivity contribution in [2.45, 2.75) is 20.0 Å². The van der Waals surface area contributed by atoms with E-state index < -0.39 is 0 Å².